The van der Waals surface area contributed by atoms with Crippen LogP contribution in [0.5, 0.6) is 0 Å². The summed E-state index contributed by atoms with van der Waals surface area (Å²) in [7, 11) is 0. The summed E-state index contributed by atoms with van der Waals surface area (Å²) >= 11 is 0. The van der Waals surface area contributed by atoms with Gasteiger partial charge in [0.2, 0.25) is 0 Å². The van der Waals surface area contributed by atoms with Crippen molar-refractivity contribution < 1.29 is 9.90 Å². The molecular weight excluding hydrogens is 151 g/mol. The molecule has 1 rings (SSSR count). The van der Waals surface area contributed by atoms with Crippen LogP contribution < -0.4 is 0 Å². The molecule has 0 aliphatic rings. The van der Waals surface area contributed by atoms with E-state index >= 15 is 0 Å². The fourth-order valence-electron chi connectivity index (χ4n) is 0.730. The van der Waals surface area contributed by atoms with Crippen molar-refractivity contribution in [3.05, 3.63) is 18.2 Å². The molecule has 0 radical (unpaired) electrons. The van der Waals surface area contributed by atoms with Gasteiger partial charge in [-0.25, -0.2) is 9.78 Å². The molecule has 0 fully saturated rings. The predicted octanol–water partition coefficient (Wildman–Crippen LogP) is 0.514. The summed E-state index contributed by atoms with van der Waals surface area (Å²) in [6.45, 7) is 3.93. The van der Waals surface area contributed by atoms with Gasteiger partial charge in [-0.3, -0.25) is 0 Å². The second-order valence-electron chi connectivity index (χ2n) is 2.61. The van der Waals surface area contributed by atoms with Crippen LogP contribution in [0.1, 0.15) is 30.4 Å². The summed E-state index contributed by atoms with van der Waals surface area (Å²) in [4.78, 5) is 14.1. The normalized spacial score (nSPS) is 9.58. The van der Waals surface area contributed by atoms with Crippen molar-refractivity contribution in [3.63, 3.8) is 0 Å². The Bertz CT molecular complexity index is 270. The van der Waals surface area contributed by atoms with E-state index in [2.05, 4.69) is 4.98 Å². The molecule has 5 heteroatoms. The van der Waals surface area contributed by atoms with Crippen molar-refractivity contribution in [2.24, 2.45) is 0 Å². The van der Waals surface area contributed by atoms with E-state index in [9.17, 15) is 4.79 Å². The van der Waals surface area contributed by atoms with E-state index in [1.54, 1.807) is 4.57 Å². The van der Waals surface area contributed by atoms with Crippen molar-refractivity contribution in [2.45, 2.75) is 19.9 Å². The van der Waals surface area contributed by atoms with Crippen LogP contribution in [0.2, 0.25) is 0 Å². The van der Waals surface area contributed by atoms with Crippen molar-refractivity contribution in [3.8, 4) is 0 Å². The van der Waals surface area contributed by atoms with Gasteiger partial charge in [-0.05, 0) is 13.8 Å². The molecule has 1 aromatic heterocycles. The molecule has 1 N–H and O–H groups in total. The predicted molar refractivity (Wildman–Crippen MR) is 46.7 cm³/mol. The average molecular weight is 162 g/mol. The molecule has 0 aliphatic carbocycles. The number of hydrogen-bond donors (Lipinski definition) is 1. The van der Waals surface area contributed by atoms with Crippen molar-refractivity contribution >= 4 is 24.8 Å². The summed E-state index contributed by atoms with van der Waals surface area (Å²) < 4.78 is 1.75. The van der Waals surface area contributed by atoms with Crippen LogP contribution in [0.4, 0.5) is 0 Å². The quantitative estimate of drug-likeness (QED) is 0.644. The zero-order valence-corrected chi connectivity index (χ0v) is 6.48. The standard InChI is InChI=1S/C7H10N2O2.Li.H/c1-5(2)9-3-6(7(10)11)8-4-9;;/h3-5H,1-2H3,(H,10,11);;. The average Bonchev–Trinajstić information content (AvgIpc) is 2.33. The number of aromatic carboxylic acids is 1. The van der Waals surface area contributed by atoms with Gasteiger partial charge in [0, 0.05) is 12.2 Å². The number of carbonyl (C=O) groups is 1. The Morgan fingerprint density at radius 3 is 2.50 bits per heavy atom. The number of nitrogens with zero attached hydrogens (tertiary/aromatic N) is 2. The third-order valence-electron chi connectivity index (χ3n) is 1.42. The van der Waals surface area contributed by atoms with Crippen LogP contribution in [-0.2, 0) is 0 Å². The number of hydrogen-bond acceptors (Lipinski definition) is 2. The van der Waals surface area contributed by atoms with Gasteiger partial charge in [0.05, 0.1) is 6.33 Å². The molecule has 0 unspecified atom stereocenters. The van der Waals surface area contributed by atoms with E-state index in [4.69, 9.17) is 5.11 Å². The molecule has 0 saturated carbocycles. The van der Waals surface area contributed by atoms with Gasteiger partial charge < -0.3 is 9.67 Å². The van der Waals surface area contributed by atoms with E-state index in [-0.39, 0.29) is 30.6 Å². The molecule has 0 saturated heterocycles. The number of aromatic nitrogens is 2. The molecule has 0 aromatic carbocycles. The van der Waals surface area contributed by atoms with Gasteiger partial charge in [-0.2, -0.15) is 0 Å². The molecular formula is C7H11LiN2O2. The Balaban J connectivity index is 0.00000121. The summed E-state index contributed by atoms with van der Waals surface area (Å²) in [5, 5.41) is 8.50. The molecule has 0 atom stereocenters. The summed E-state index contributed by atoms with van der Waals surface area (Å²) in [6, 6.07) is 0.260. The maximum absolute atomic E-state index is 10.4. The molecule has 1 aromatic rings. The van der Waals surface area contributed by atoms with Crippen molar-refractivity contribution in [1.82, 2.24) is 9.55 Å². The zero-order valence-electron chi connectivity index (χ0n) is 6.48. The molecule has 4 nitrogen and oxygen atoms in total. The Labute approximate surface area is 82.8 Å². The monoisotopic (exact) mass is 162 g/mol. The van der Waals surface area contributed by atoms with E-state index in [0.717, 1.165) is 0 Å². The summed E-state index contributed by atoms with van der Waals surface area (Å²) in [5.74, 6) is -0.982. The minimum absolute atomic E-state index is 0. The molecule has 0 bridgehead atoms. The van der Waals surface area contributed by atoms with Crippen LogP contribution in [0, 0.1) is 0 Å². The Hall–Kier alpha value is -0.723. The minimum atomic E-state index is -0.982. The van der Waals surface area contributed by atoms with E-state index in [0.29, 0.717) is 0 Å². The Kier molecular flexibility index (Phi) is 4.08. The molecule has 62 valence electrons. The van der Waals surface area contributed by atoms with Gasteiger partial charge in [0.1, 0.15) is 0 Å². The van der Waals surface area contributed by atoms with Crippen molar-refractivity contribution in [1.29, 1.82) is 0 Å². The maximum atomic E-state index is 10.4. The zero-order chi connectivity index (χ0) is 8.43. The number of imidazole rings is 1. The number of rotatable bonds is 2. The topological polar surface area (TPSA) is 55.1 Å². The van der Waals surface area contributed by atoms with Crippen LogP contribution >= 0.6 is 0 Å². The SMILES string of the molecule is CC(C)n1cnc(C(=O)O)c1.[LiH]. The van der Waals surface area contributed by atoms with Gasteiger partial charge in [-0.1, -0.05) is 0 Å². The van der Waals surface area contributed by atoms with Gasteiger partial charge in [0.25, 0.3) is 0 Å². The van der Waals surface area contributed by atoms with Gasteiger partial charge in [-0.15, -0.1) is 0 Å². The fourth-order valence-corrected chi connectivity index (χ4v) is 0.730. The third kappa shape index (κ3) is 2.40. The first-order chi connectivity index (χ1) is 5.11. The molecule has 0 aliphatic heterocycles. The van der Waals surface area contributed by atoms with E-state index in [1.165, 1.54) is 12.5 Å². The van der Waals surface area contributed by atoms with Gasteiger partial charge in [0.15, 0.2) is 5.69 Å². The van der Waals surface area contributed by atoms with Crippen LogP contribution in [-0.4, -0.2) is 39.5 Å². The first kappa shape index (κ1) is 11.3. The van der Waals surface area contributed by atoms with Crippen LogP contribution in [0.15, 0.2) is 12.5 Å². The van der Waals surface area contributed by atoms with Gasteiger partial charge >= 0.3 is 24.8 Å². The molecule has 0 spiro atoms. The van der Waals surface area contributed by atoms with E-state index in [1.807, 2.05) is 13.8 Å². The summed E-state index contributed by atoms with van der Waals surface area (Å²) in [6.07, 6.45) is 3.04. The Morgan fingerprint density at radius 2 is 2.25 bits per heavy atom. The van der Waals surface area contributed by atoms with Crippen LogP contribution in [0.25, 0.3) is 0 Å². The number of carboxylic acid groups (broad SMARTS) is 1. The summed E-state index contributed by atoms with van der Waals surface area (Å²) in [5.41, 5.74) is 0.0960. The second kappa shape index (κ2) is 4.34. The van der Waals surface area contributed by atoms with Crippen LogP contribution in [0.3, 0.4) is 0 Å². The third-order valence-corrected chi connectivity index (χ3v) is 1.42. The Morgan fingerprint density at radius 1 is 1.67 bits per heavy atom. The fraction of sp³-hybridized carbons (Fsp3) is 0.429. The first-order valence-electron chi connectivity index (χ1n) is 3.38. The number of carboxylic acids is 1. The van der Waals surface area contributed by atoms with E-state index < -0.39 is 5.97 Å². The molecule has 1 heterocycles. The first-order valence-corrected chi connectivity index (χ1v) is 3.38. The molecule has 12 heavy (non-hydrogen) atoms. The molecule has 0 amide bonds. The van der Waals surface area contributed by atoms with Crippen molar-refractivity contribution in [2.75, 3.05) is 0 Å². The second-order valence-corrected chi connectivity index (χ2v) is 2.61.